The molecule has 2 N–H and O–H groups in total. The minimum Gasteiger partial charge on any atom is -0.329 e. The first-order chi connectivity index (χ1) is 7.29. The molecule has 16 heavy (non-hydrogen) atoms. The molecule has 0 bridgehead atoms. The molecular weight excluding hydrogens is 288 g/mol. The lowest BCUT2D eigenvalue weighted by Crippen LogP contribution is -2.34. The van der Waals surface area contributed by atoms with Crippen LogP contribution in [0.4, 0.5) is 0 Å². The first-order valence-corrected chi connectivity index (χ1v) is 6.27. The van der Waals surface area contributed by atoms with Gasteiger partial charge in [0.05, 0.1) is 0 Å². The van der Waals surface area contributed by atoms with Crippen LogP contribution in [0.15, 0.2) is 28.7 Å². The highest BCUT2D eigenvalue weighted by molar-refractivity contribution is 9.10. The third-order valence-corrected chi connectivity index (χ3v) is 3.60. The molecule has 90 valence electrons. The second kappa shape index (κ2) is 6.60. The van der Waals surface area contributed by atoms with Gasteiger partial charge in [-0.15, -0.1) is 12.4 Å². The van der Waals surface area contributed by atoms with E-state index >= 15 is 0 Å². The third-order valence-electron chi connectivity index (χ3n) is 3.07. The maximum atomic E-state index is 5.75. The van der Waals surface area contributed by atoms with Crippen molar-refractivity contribution in [3.63, 3.8) is 0 Å². The Morgan fingerprint density at radius 3 is 2.62 bits per heavy atom. The van der Waals surface area contributed by atoms with Crippen molar-refractivity contribution < 1.29 is 0 Å². The largest absolute Gasteiger partial charge is 0.329 e. The summed E-state index contributed by atoms with van der Waals surface area (Å²) >= 11 is 3.45. The van der Waals surface area contributed by atoms with E-state index in [1.54, 1.807) is 0 Å². The second-order valence-electron chi connectivity index (χ2n) is 4.13. The van der Waals surface area contributed by atoms with Gasteiger partial charge in [-0.1, -0.05) is 28.1 Å². The molecule has 0 aromatic heterocycles. The summed E-state index contributed by atoms with van der Waals surface area (Å²) in [5, 5.41) is 0. The number of halogens is 2. The molecule has 2 nitrogen and oxygen atoms in total. The SMILES string of the molecule is Cl.NCC1CCCN1Cc1ccc(Br)cc1. The van der Waals surface area contributed by atoms with Gasteiger partial charge < -0.3 is 5.73 Å². The van der Waals surface area contributed by atoms with Crippen molar-refractivity contribution in [1.82, 2.24) is 4.90 Å². The molecular formula is C12H18BrClN2. The molecule has 1 aliphatic rings. The number of benzene rings is 1. The Bertz CT molecular complexity index is 315. The van der Waals surface area contributed by atoms with Crippen LogP contribution in [0.2, 0.25) is 0 Å². The van der Waals surface area contributed by atoms with Crippen LogP contribution in [0.3, 0.4) is 0 Å². The summed E-state index contributed by atoms with van der Waals surface area (Å²) in [5.74, 6) is 0. The molecule has 0 aliphatic carbocycles. The Hall–Kier alpha value is -0.0900. The van der Waals surface area contributed by atoms with Gasteiger partial charge in [-0.05, 0) is 37.1 Å². The Kier molecular flexibility index (Phi) is 5.76. The number of rotatable bonds is 3. The smallest absolute Gasteiger partial charge is 0.0237 e. The van der Waals surface area contributed by atoms with Crippen LogP contribution in [0.1, 0.15) is 18.4 Å². The lowest BCUT2D eigenvalue weighted by molar-refractivity contribution is 0.250. The van der Waals surface area contributed by atoms with Gasteiger partial charge in [-0.2, -0.15) is 0 Å². The summed E-state index contributed by atoms with van der Waals surface area (Å²) in [4.78, 5) is 2.49. The zero-order chi connectivity index (χ0) is 10.7. The molecule has 1 unspecified atom stereocenters. The van der Waals surface area contributed by atoms with E-state index in [-0.39, 0.29) is 12.4 Å². The topological polar surface area (TPSA) is 29.3 Å². The number of nitrogens with two attached hydrogens (primary N) is 1. The van der Waals surface area contributed by atoms with Crippen LogP contribution in [0, 0.1) is 0 Å². The van der Waals surface area contributed by atoms with Crippen molar-refractivity contribution in [1.29, 1.82) is 0 Å². The predicted molar refractivity (Wildman–Crippen MR) is 73.9 cm³/mol. The minimum atomic E-state index is 0. The molecule has 0 saturated carbocycles. The van der Waals surface area contributed by atoms with E-state index in [4.69, 9.17) is 5.73 Å². The van der Waals surface area contributed by atoms with Gasteiger partial charge in [0, 0.05) is 23.6 Å². The highest BCUT2D eigenvalue weighted by atomic mass is 79.9. The van der Waals surface area contributed by atoms with Crippen LogP contribution < -0.4 is 5.73 Å². The molecule has 2 rings (SSSR count). The molecule has 4 heteroatoms. The fourth-order valence-electron chi connectivity index (χ4n) is 2.19. The van der Waals surface area contributed by atoms with E-state index in [9.17, 15) is 0 Å². The van der Waals surface area contributed by atoms with E-state index < -0.39 is 0 Å². The maximum Gasteiger partial charge on any atom is 0.0237 e. The Morgan fingerprint density at radius 2 is 2.00 bits per heavy atom. The van der Waals surface area contributed by atoms with Crippen LogP contribution in [0.5, 0.6) is 0 Å². The minimum absolute atomic E-state index is 0. The van der Waals surface area contributed by atoms with Crippen LogP contribution in [-0.2, 0) is 6.54 Å². The summed E-state index contributed by atoms with van der Waals surface area (Å²) in [5.41, 5.74) is 7.13. The van der Waals surface area contributed by atoms with Gasteiger partial charge >= 0.3 is 0 Å². The standard InChI is InChI=1S/C12H17BrN2.ClH/c13-11-5-3-10(4-6-11)9-15-7-1-2-12(15)8-14;/h3-6,12H,1-2,7-9,14H2;1H. The summed E-state index contributed by atoms with van der Waals surface area (Å²) in [6.07, 6.45) is 2.55. The van der Waals surface area contributed by atoms with Gasteiger partial charge in [-0.3, -0.25) is 4.90 Å². The fraction of sp³-hybridized carbons (Fsp3) is 0.500. The second-order valence-corrected chi connectivity index (χ2v) is 5.04. The highest BCUT2D eigenvalue weighted by Crippen LogP contribution is 2.20. The Morgan fingerprint density at radius 1 is 1.31 bits per heavy atom. The fourth-order valence-corrected chi connectivity index (χ4v) is 2.46. The number of nitrogens with zero attached hydrogens (tertiary/aromatic N) is 1. The summed E-state index contributed by atoms with van der Waals surface area (Å²) in [6.45, 7) is 3.02. The van der Waals surface area contributed by atoms with Gasteiger partial charge in [-0.25, -0.2) is 0 Å². The highest BCUT2D eigenvalue weighted by Gasteiger charge is 2.22. The zero-order valence-corrected chi connectivity index (χ0v) is 11.6. The quantitative estimate of drug-likeness (QED) is 0.930. The molecule has 0 spiro atoms. The average molecular weight is 306 g/mol. The molecule has 0 amide bonds. The average Bonchev–Trinajstić information content (AvgIpc) is 2.69. The first kappa shape index (κ1) is 14.0. The van der Waals surface area contributed by atoms with Crippen molar-refractivity contribution in [2.24, 2.45) is 5.73 Å². The van der Waals surface area contributed by atoms with Gasteiger partial charge in [0.1, 0.15) is 0 Å². The number of hydrogen-bond donors (Lipinski definition) is 1. The van der Waals surface area contributed by atoms with Gasteiger partial charge in [0.2, 0.25) is 0 Å². The molecule has 1 saturated heterocycles. The zero-order valence-electron chi connectivity index (χ0n) is 9.23. The molecule has 1 fully saturated rings. The number of hydrogen-bond acceptors (Lipinski definition) is 2. The van der Waals surface area contributed by atoms with Gasteiger partial charge in [0.15, 0.2) is 0 Å². The first-order valence-electron chi connectivity index (χ1n) is 5.48. The lowest BCUT2D eigenvalue weighted by atomic mass is 10.2. The van der Waals surface area contributed by atoms with Crippen LogP contribution in [-0.4, -0.2) is 24.0 Å². The molecule has 1 aliphatic heterocycles. The van der Waals surface area contributed by atoms with Crippen molar-refractivity contribution in [3.05, 3.63) is 34.3 Å². The van der Waals surface area contributed by atoms with Crippen molar-refractivity contribution in [2.75, 3.05) is 13.1 Å². The summed E-state index contributed by atoms with van der Waals surface area (Å²) < 4.78 is 1.14. The molecule has 1 aromatic carbocycles. The molecule has 1 heterocycles. The van der Waals surface area contributed by atoms with Crippen molar-refractivity contribution in [3.8, 4) is 0 Å². The predicted octanol–water partition coefficient (Wildman–Crippen LogP) is 2.79. The normalized spacial score (nSPS) is 20.8. The molecule has 1 aromatic rings. The van der Waals surface area contributed by atoms with E-state index in [1.807, 2.05) is 0 Å². The Labute approximate surface area is 112 Å². The van der Waals surface area contributed by atoms with Crippen LogP contribution in [0.25, 0.3) is 0 Å². The van der Waals surface area contributed by atoms with E-state index in [1.165, 1.54) is 24.9 Å². The third kappa shape index (κ3) is 3.45. The maximum absolute atomic E-state index is 5.75. The van der Waals surface area contributed by atoms with Crippen LogP contribution >= 0.6 is 28.3 Å². The van der Waals surface area contributed by atoms with E-state index in [0.29, 0.717) is 6.04 Å². The van der Waals surface area contributed by atoms with E-state index in [2.05, 4.69) is 45.1 Å². The lowest BCUT2D eigenvalue weighted by Gasteiger charge is -2.23. The summed E-state index contributed by atoms with van der Waals surface area (Å²) in [7, 11) is 0. The van der Waals surface area contributed by atoms with E-state index in [0.717, 1.165) is 17.6 Å². The molecule has 0 radical (unpaired) electrons. The summed E-state index contributed by atoms with van der Waals surface area (Å²) in [6, 6.07) is 9.14. The monoisotopic (exact) mass is 304 g/mol. The van der Waals surface area contributed by atoms with Crippen molar-refractivity contribution >= 4 is 28.3 Å². The number of likely N-dealkylation sites (tertiary alicyclic amines) is 1. The Balaban J connectivity index is 0.00000128. The van der Waals surface area contributed by atoms with Gasteiger partial charge in [0.25, 0.3) is 0 Å². The molecule has 1 atom stereocenters. The van der Waals surface area contributed by atoms with Crippen molar-refractivity contribution in [2.45, 2.75) is 25.4 Å².